The summed E-state index contributed by atoms with van der Waals surface area (Å²) in [6, 6.07) is 7.39. The van der Waals surface area contributed by atoms with Gasteiger partial charge in [-0.25, -0.2) is 4.98 Å². The van der Waals surface area contributed by atoms with Gasteiger partial charge in [0.25, 0.3) is 0 Å². The fraction of sp³-hybridized carbons (Fsp3) is 0.353. The molecule has 0 unspecified atom stereocenters. The predicted octanol–water partition coefficient (Wildman–Crippen LogP) is 3.43. The Kier molecular flexibility index (Phi) is 4.78. The molecule has 1 aromatic carbocycles. The molecule has 0 aliphatic carbocycles. The van der Waals surface area contributed by atoms with Crippen molar-refractivity contribution >= 4 is 40.2 Å². The highest BCUT2D eigenvalue weighted by molar-refractivity contribution is 6.30. The highest BCUT2D eigenvalue weighted by Gasteiger charge is 2.20. The Hall–Kier alpha value is -2.38. The van der Waals surface area contributed by atoms with Gasteiger partial charge in [-0.2, -0.15) is 9.97 Å². The Morgan fingerprint density at radius 3 is 2.76 bits per heavy atom. The third kappa shape index (κ3) is 3.83. The van der Waals surface area contributed by atoms with Crippen molar-refractivity contribution in [3.05, 3.63) is 35.6 Å². The quantitative estimate of drug-likeness (QED) is 0.624. The third-order valence-corrected chi connectivity index (χ3v) is 3.97. The second kappa shape index (κ2) is 6.85. The van der Waals surface area contributed by atoms with Crippen LogP contribution in [0.1, 0.15) is 20.8 Å². The molecule has 0 aliphatic rings. The van der Waals surface area contributed by atoms with Gasteiger partial charge in [-0.05, 0) is 39.0 Å². The van der Waals surface area contributed by atoms with Crippen LogP contribution in [0.3, 0.4) is 0 Å². The molecule has 8 heteroatoms. The molecule has 0 amide bonds. The van der Waals surface area contributed by atoms with E-state index in [-0.39, 0.29) is 6.61 Å². The van der Waals surface area contributed by atoms with Gasteiger partial charge in [0.15, 0.2) is 17.0 Å². The van der Waals surface area contributed by atoms with Gasteiger partial charge in [-0.1, -0.05) is 17.7 Å². The number of rotatable bonds is 6. The van der Waals surface area contributed by atoms with E-state index in [1.165, 1.54) is 0 Å². The predicted molar refractivity (Wildman–Crippen MR) is 101 cm³/mol. The van der Waals surface area contributed by atoms with Crippen LogP contribution >= 0.6 is 11.6 Å². The minimum absolute atomic E-state index is 0.0432. The summed E-state index contributed by atoms with van der Waals surface area (Å²) in [6.45, 7) is 6.48. The summed E-state index contributed by atoms with van der Waals surface area (Å²) in [5.41, 5.74) is 1.66. The van der Waals surface area contributed by atoms with E-state index in [4.69, 9.17) is 11.6 Å². The molecular weight excluding hydrogens is 340 g/mol. The Morgan fingerprint density at radius 2 is 2.08 bits per heavy atom. The maximum absolute atomic E-state index is 9.50. The van der Waals surface area contributed by atoms with Crippen molar-refractivity contribution in [2.45, 2.75) is 32.9 Å². The standard InChI is InChI=1S/C17H21ClN6O/c1-4-24-10-19-13-14(20-12-7-5-6-11(18)8-12)21-16(22-15(13)24)23-17(2,3)9-25/h5-8,10,25H,4,9H2,1-3H3,(H2,20,21,22,23). The number of benzene rings is 1. The highest BCUT2D eigenvalue weighted by Crippen LogP contribution is 2.26. The molecule has 2 aromatic heterocycles. The van der Waals surface area contributed by atoms with Crippen molar-refractivity contribution in [2.24, 2.45) is 0 Å². The molecule has 0 fully saturated rings. The van der Waals surface area contributed by atoms with E-state index in [9.17, 15) is 5.11 Å². The molecule has 0 atom stereocenters. The molecule has 3 aromatic rings. The number of hydrogen-bond donors (Lipinski definition) is 3. The first-order valence-corrected chi connectivity index (χ1v) is 8.44. The van der Waals surface area contributed by atoms with Gasteiger partial charge < -0.3 is 20.3 Å². The van der Waals surface area contributed by atoms with Crippen LogP contribution in [-0.4, -0.2) is 36.8 Å². The number of imidazole rings is 1. The second-order valence-corrected chi connectivity index (χ2v) is 6.84. The Bertz CT molecular complexity index is 892. The third-order valence-electron chi connectivity index (χ3n) is 3.74. The van der Waals surface area contributed by atoms with E-state index < -0.39 is 5.54 Å². The highest BCUT2D eigenvalue weighted by atomic mass is 35.5. The van der Waals surface area contributed by atoms with Gasteiger partial charge in [0, 0.05) is 17.3 Å². The van der Waals surface area contributed by atoms with Crippen LogP contribution in [0.25, 0.3) is 11.2 Å². The first kappa shape index (κ1) is 17.4. The molecule has 0 aliphatic heterocycles. The molecule has 0 saturated heterocycles. The fourth-order valence-electron chi connectivity index (χ4n) is 2.36. The maximum atomic E-state index is 9.50. The van der Waals surface area contributed by atoms with Crippen molar-refractivity contribution in [3.8, 4) is 0 Å². The SMILES string of the molecule is CCn1cnc2c(Nc3cccc(Cl)c3)nc(NC(C)(C)CO)nc21. The number of fused-ring (bicyclic) bond motifs is 1. The van der Waals surface area contributed by atoms with E-state index in [0.717, 1.165) is 17.9 Å². The van der Waals surface area contributed by atoms with Crippen molar-refractivity contribution in [1.82, 2.24) is 19.5 Å². The number of nitrogens with one attached hydrogen (secondary N) is 2. The summed E-state index contributed by atoms with van der Waals surface area (Å²) in [5.74, 6) is 1.00. The average molecular weight is 361 g/mol. The number of aliphatic hydroxyl groups is 1. The number of hydrogen-bond acceptors (Lipinski definition) is 6. The number of aliphatic hydroxyl groups excluding tert-OH is 1. The molecule has 2 heterocycles. The monoisotopic (exact) mass is 360 g/mol. The number of aromatic nitrogens is 4. The minimum Gasteiger partial charge on any atom is -0.394 e. The summed E-state index contributed by atoms with van der Waals surface area (Å²) in [5, 5.41) is 16.5. The van der Waals surface area contributed by atoms with Crippen molar-refractivity contribution < 1.29 is 5.11 Å². The smallest absolute Gasteiger partial charge is 0.227 e. The first-order chi connectivity index (χ1) is 11.9. The van der Waals surface area contributed by atoms with Gasteiger partial charge in [0.2, 0.25) is 5.95 Å². The summed E-state index contributed by atoms with van der Waals surface area (Å²) in [4.78, 5) is 13.5. The van der Waals surface area contributed by atoms with Gasteiger partial charge >= 0.3 is 0 Å². The summed E-state index contributed by atoms with van der Waals surface area (Å²) in [7, 11) is 0. The Labute approximate surface area is 151 Å². The van der Waals surface area contributed by atoms with E-state index in [1.54, 1.807) is 6.33 Å². The van der Waals surface area contributed by atoms with Gasteiger partial charge in [0.05, 0.1) is 18.5 Å². The molecule has 0 saturated carbocycles. The summed E-state index contributed by atoms with van der Waals surface area (Å²) < 4.78 is 1.94. The van der Waals surface area contributed by atoms with Crippen LogP contribution in [0.5, 0.6) is 0 Å². The van der Waals surface area contributed by atoms with Crippen LogP contribution in [0.2, 0.25) is 5.02 Å². The zero-order chi connectivity index (χ0) is 18.0. The van der Waals surface area contributed by atoms with Crippen LogP contribution in [0.15, 0.2) is 30.6 Å². The lowest BCUT2D eigenvalue weighted by molar-refractivity contribution is 0.233. The number of anilines is 3. The molecule has 7 nitrogen and oxygen atoms in total. The zero-order valence-corrected chi connectivity index (χ0v) is 15.2. The van der Waals surface area contributed by atoms with Crippen molar-refractivity contribution in [2.75, 3.05) is 17.2 Å². The molecule has 0 spiro atoms. The van der Waals surface area contributed by atoms with Gasteiger partial charge in [-0.3, -0.25) is 0 Å². The largest absolute Gasteiger partial charge is 0.394 e. The van der Waals surface area contributed by atoms with Crippen LogP contribution in [0, 0.1) is 0 Å². The summed E-state index contributed by atoms with van der Waals surface area (Å²) in [6.07, 6.45) is 1.74. The Balaban J connectivity index is 2.07. The maximum Gasteiger partial charge on any atom is 0.227 e. The normalized spacial score (nSPS) is 11.7. The zero-order valence-electron chi connectivity index (χ0n) is 14.4. The second-order valence-electron chi connectivity index (χ2n) is 6.40. The number of aryl methyl sites for hydroxylation is 1. The topological polar surface area (TPSA) is 87.9 Å². The van der Waals surface area contributed by atoms with Gasteiger partial charge in [-0.15, -0.1) is 0 Å². The van der Waals surface area contributed by atoms with E-state index in [2.05, 4.69) is 25.6 Å². The molecule has 0 radical (unpaired) electrons. The van der Waals surface area contributed by atoms with E-state index in [0.29, 0.717) is 22.3 Å². The van der Waals surface area contributed by atoms with Crippen LogP contribution < -0.4 is 10.6 Å². The molecule has 3 rings (SSSR count). The lowest BCUT2D eigenvalue weighted by Crippen LogP contribution is -2.35. The molecule has 25 heavy (non-hydrogen) atoms. The van der Waals surface area contributed by atoms with E-state index in [1.807, 2.05) is 49.6 Å². The van der Waals surface area contributed by atoms with Crippen LogP contribution in [0.4, 0.5) is 17.5 Å². The van der Waals surface area contributed by atoms with Crippen molar-refractivity contribution in [1.29, 1.82) is 0 Å². The minimum atomic E-state index is -0.544. The lowest BCUT2D eigenvalue weighted by atomic mass is 10.1. The molecule has 132 valence electrons. The van der Waals surface area contributed by atoms with Crippen molar-refractivity contribution in [3.63, 3.8) is 0 Å². The Morgan fingerprint density at radius 1 is 1.28 bits per heavy atom. The molecular formula is C17H21ClN6O. The molecule has 3 N–H and O–H groups in total. The fourth-order valence-corrected chi connectivity index (χ4v) is 2.55. The number of halogens is 1. The van der Waals surface area contributed by atoms with Crippen LogP contribution in [-0.2, 0) is 6.54 Å². The summed E-state index contributed by atoms with van der Waals surface area (Å²) >= 11 is 6.06. The van der Waals surface area contributed by atoms with Gasteiger partial charge in [0.1, 0.15) is 0 Å². The number of nitrogens with zero attached hydrogens (tertiary/aromatic N) is 4. The van der Waals surface area contributed by atoms with E-state index >= 15 is 0 Å². The molecule has 0 bridgehead atoms. The first-order valence-electron chi connectivity index (χ1n) is 8.06. The average Bonchev–Trinajstić information content (AvgIpc) is 2.98. The lowest BCUT2D eigenvalue weighted by Gasteiger charge is -2.23.